The van der Waals surface area contributed by atoms with Gasteiger partial charge >= 0.3 is 0 Å². The van der Waals surface area contributed by atoms with E-state index in [9.17, 15) is 4.79 Å². The Kier molecular flexibility index (Phi) is 9.66. The molecule has 1 aliphatic rings. The van der Waals surface area contributed by atoms with Crippen LogP contribution in [0.2, 0.25) is 0 Å². The van der Waals surface area contributed by atoms with E-state index >= 15 is 0 Å². The second-order valence-corrected chi connectivity index (χ2v) is 5.28. The van der Waals surface area contributed by atoms with Crippen molar-refractivity contribution in [1.29, 1.82) is 0 Å². The third-order valence-corrected chi connectivity index (χ3v) is 3.52. The number of rotatable bonds is 4. The second kappa shape index (κ2) is 9.86. The van der Waals surface area contributed by atoms with E-state index in [1.165, 1.54) is 32.1 Å². The van der Waals surface area contributed by atoms with E-state index in [1.807, 2.05) is 13.8 Å². The molecule has 16 heavy (non-hydrogen) atoms. The topological polar surface area (TPSA) is 17.1 Å². The van der Waals surface area contributed by atoms with Crippen molar-refractivity contribution in [1.82, 2.24) is 0 Å². The van der Waals surface area contributed by atoms with Gasteiger partial charge in [0, 0.05) is 12.8 Å². The third-order valence-electron chi connectivity index (χ3n) is 3.52. The van der Waals surface area contributed by atoms with Crippen molar-refractivity contribution in [3.05, 3.63) is 0 Å². The Morgan fingerprint density at radius 2 is 1.69 bits per heavy atom. The molecule has 0 aromatic rings. The number of hydrogen-bond acceptors (Lipinski definition) is 1. The van der Waals surface area contributed by atoms with Crippen molar-refractivity contribution < 1.29 is 4.79 Å². The van der Waals surface area contributed by atoms with Crippen LogP contribution in [0.1, 0.15) is 79.1 Å². The van der Waals surface area contributed by atoms with Gasteiger partial charge in [-0.3, -0.25) is 4.79 Å². The van der Waals surface area contributed by atoms with Crippen LogP contribution in [0.25, 0.3) is 0 Å². The zero-order valence-corrected chi connectivity index (χ0v) is 11.7. The zero-order chi connectivity index (χ0) is 12.4. The lowest BCUT2D eigenvalue weighted by Crippen LogP contribution is -2.12. The van der Waals surface area contributed by atoms with Crippen molar-refractivity contribution in [3.63, 3.8) is 0 Å². The summed E-state index contributed by atoms with van der Waals surface area (Å²) in [5, 5.41) is 0. The first kappa shape index (κ1) is 15.7. The molecular formula is C15H30O. The van der Waals surface area contributed by atoms with Crippen LogP contribution in [0, 0.1) is 11.8 Å². The SMILES string of the molecule is CC(C)C1CCCCC1.CCCC(=O)CC. The summed E-state index contributed by atoms with van der Waals surface area (Å²) < 4.78 is 0. The highest BCUT2D eigenvalue weighted by Crippen LogP contribution is 2.29. The van der Waals surface area contributed by atoms with Gasteiger partial charge < -0.3 is 0 Å². The Labute approximate surface area is 102 Å². The van der Waals surface area contributed by atoms with Crippen molar-refractivity contribution in [2.24, 2.45) is 11.8 Å². The second-order valence-electron chi connectivity index (χ2n) is 5.28. The van der Waals surface area contributed by atoms with E-state index in [2.05, 4.69) is 13.8 Å². The van der Waals surface area contributed by atoms with Gasteiger partial charge in [0.15, 0.2) is 0 Å². The number of carbonyl (C=O) groups is 1. The standard InChI is InChI=1S/C9H18.C6H12O/c1-8(2)9-6-4-3-5-7-9;1-3-5-6(7)4-2/h8-9H,3-7H2,1-2H3;3-5H2,1-2H3. The van der Waals surface area contributed by atoms with Gasteiger partial charge in [0.05, 0.1) is 0 Å². The van der Waals surface area contributed by atoms with Gasteiger partial charge in [-0.15, -0.1) is 0 Å². The summed E-state index contributed by atoms with van der Waals surface area (Å²) in [5.41, 5.74) is 0. The third kappa shape index (κ3) is 7.90. The fourth-order valence-electron chi connectivity index (χ4n) is 2.26. The Bertz CT molecular complexity index is 166. The average Bonchev–Trinajstić information content (AvgIpc) is 2.31. The molecule has 0 atom stereocenters. The molecule has 0 aromatic carbocycles. The van der Waals surface area contributed by atoms with Crippen molar-refractivity contribution in [3.8, 4) is 0 Å². The summed E-state index contributed by atoms with van der Waals surface area (Å²) in [6.07, 6.45) is 9.92. The number of Topliss-reactive ketones (excluding diaryl/α,β-unsaturated/α-hetero) is 1. The van der Waals surface area contributed by atoms with Crippen LogP contribution in [-0.4, -0.2) is 5.78 Å². The van der Waals surface area contributed by atoms with Crippen LogP contribution in [0.3, 0.4) is 0 Å². The summed E-state index contributed by atoms with van der Waals surface area (Å²) in [6, 6.07) is 0. The molecule has 0 unspecified atom stereocenters. The van der Waals surface area contributed by atoms with Gasteiger partial charge in [0.1, 0.15) is 5.78 Å². The summed E-state index contributed by atoms with van der Waals surface area (Å²) in [4.78, 5) is 10.4. The fraction of sp³-hybridized carbons (Fsp3) is 0.933. The molecule has 1 rings (SSSR count). The van der Waals surface area contributed by atoms with Crippen LogP contribution in [0.5, 0.6) is 0 Å². The molecule has 0 spiro atoms. The molecule has 1 nitrogen and oxygen atoms in total. The van der Waals surface area contributed by atoms with Gasteiger partial charge in [-0.05, 0) is 18.3 Å². The zero-order valence-electron chi connectivity index (χ0n) is 11.7. The van der Waals surface area contributed by atoms with Gasteiger partial charge in [0.25, 0.3) is 0 Å². The van der Waals surface area contributed by atoms with Crippen LogP contribution in [-0.2, 0) is 4.79 Å². The van der Waals surface area contributed by atoms with E-state index in [4.69, 9.17) is 0 Å². The molecule has 1 saturated carbocycles. The van der Waals surface area contributed by atoms with Crippen LogP contribution in [0.4, 0.5) is 0 Å². The van der Waals surface area contributed by atoms with E-state index in [-0.39, 0.29) is 0 Å². The number of hydrogen-bond donors (Lipinski definition) is 0. The minimum atomic E-state index is 0.377. The van der Waals surface area contributed by atoms with Gasteiger partial charge in [0.2, 0.25) is 0 Å². The summed E-state index contributed by atoms with van der Waals surface area (Å²) >= 11 is 0. The molecule has 0 aliphatic heterocycles. The molecule has 0 heterocycles. The first-order valence-corrected chi connectivity index (χ1v) is 7.13. The fourth-order valence-corrected chi connectivity index (χ4v) is 2.26. The molecule has 1 aliphatic carbocycles. The van der Waals surface area contributed by atoms with Crippen molar-refractivity contribution >= 4 is 5.78 Å². The van der Waals surface area contributed by atoms with Gasteiger partial charge in [-0.2, -0.15) is 0 Å². The average molecular weight is 226 g/mol. The summed E-state index contributed by atoms with van der Waals surface area (Å²) in [5.74, 6) is 2.37. The molecule has 0 saturated heterocycles. The van der Waals surface area contributed by atoms with Gasteiger partial charge in [-0.1, -0.05) is 59.8 Å². The molecule has 0 amide bonds. The normalized spacial score (nSPS) is 16.8. The maximum Gasteiger partial charge on any atom is 0.132 e. The minimum absolute atomic E-state index is 0.377. The molecule has 0 N–H and O–H groups in total. The lowest BCUT2D eigenvalue weighted by Gasteiger charge is -2.24. The Morgan fingerprint density at radius 3 is 1.94 bits per heavy atom. The van der Waals surface area contributed by atoms with Crippen molar-refractivity contribution in [2.45, 2.75) is 79.1 Å². The summed E-state index contributed by atoms with van der Waals surface area (Å²) in [7, 11) is 0. The highest BCUT2D eigenvalue weighted by atomic mass is 16.1. The first-order chi connectivity index (χ1) is 7.61. The minimum Gasteiger partial charge on any atom is -0.300 e. The molecule has 96 valence electrons. The molecule has 1 heteroatoms. The maximum absolute atomic E-state index is 10.4. The highest BCUT2D eigenvalue weighted by molar-refractivity contribution is 5.77. The van der Waals surface area contributed by atoms with E-state index in [0.717, 1.165) is 24.7 Å². The predicted molar refractivity (Wildman–Crippen MR) is 71.6 cm³/mol. The van der Waals surface area contributed by atoms with Crippen molar-refractivity contribution in [2.75, 3.05) is 0 Å². The molecular weight excluding hydrogens is 196 g/mol. The first-order valence-electron chi connectivity index (χ1n) is 7.13. The maximum atomic E-state index is 10.4. The van der Waals surface area contributed by atoms with Crippen LogP contribution < -0.4 is 0 Å². The molecule has 0 aromatic heterocycles. The number of ketones is 1. The highest BCUT2D eigenvalue weighted by Gasteiger charge is 2.15. The Hall–Kier alpha value is -0.330. The lowest BCUT2D eigenvalue weighted by molar-refractivity contribution is -0.118. The van der Waals surface area contributed by atoms with Gasteiger partial charge in [-0.25, -0.2) is 0 Å². The Morgan fingerprint density at radius 1 is 1.12 bits per heavy atom. The van der Waals surface area contributed by atoms with Crippen LogP contribution >= 0.6 is 0 Å². The smallest absolute Gasteiger partial charge is 0.132 e. The van der Waals surface area contributed by atoms with E-state index < -0.39 is 0 Å². The predicted octanol–water partition coefficient (Wildman–Crippen LogP) is 4.99. The largest absolute Gasteiger partial charge is 0.300 e. The molecule has 0 bridgehead atoms. The number of carbonyl (C=O) groups excluding carboxylic acids is 1. The molecule has 1 fully saturated rings. The van der Waals surface area contributed by atoms with E-state index in [0.29, 0.717) is 12.2 Å². The molecule has 0 radical (unpaired) electrons. The lowest BCUT2D eigenvalue weighted by atomic mass is 9.82. The monoisotopic (exact) mass is 226 g/mol. The van der Waals surface area contributed by atoms with E-state index in [1.54, 1.807) is 0 Å². The summed E-state index contributed by atoms with van der Waals surface area (Å²) in [6.45, 7) is 8.64. The van der Waals surface area contributed by atoms with Crippen LogP contribution in [0.15, 0.2) is 0 Å². The Balaban J connectivity index is 0.000000293. The quantitative estimate of drug-likeness (QED) is 0.660.